The van der Waals surface area contributed by atoms with E-state index in [-0.39, 0.29) is 10.6 Å². The Labute approximate surface area is 168 Å². The molecule has 0 radical (unpaired) electrons. The van der Waals surface area contributed by atoms with E-state index in [1.54, 1.807) is 19.2 Å². The van der Waals surface area contributed by atoms with Crippen molar-refractivity contribution in [3.05, 3.63) is 81.6 Å². The summed E-state index contributed by atoms with van der Waals surface area (Å²) in [6.07, 6.45) is 1.84. The summed E-state index contributed by atoms with van der Waals surface area (Å²) in [5, 5.41) is 9.54. The lowest BCUT2D eigenvalue weighted by molar-refractivity contribution is 0.0697. The minimum atomic E-state index is -1.05. The molecule has 0 aliphatic rings. The molecule has 0 spiro atoms. The van der Waals surface area contributed by atoms with Crippen LogP contribution in [-0.2, 0) is 6.54 Å². The molecule has 0 aliphatic carbocycles. The summed E-state index contributed by atoms with van der Waals surface area (Å²) in [5.74, 6) is -0.226. The molecule has 28 heavy (non-hydrogen) atoms. The first-order valence-electron chi connectivity index (χ1n) is 8.75. The number of hydrogen-bond donors (Lipinski definition) is 1. The highest BCUT2D eigenvalue weighted by Gasteiger charge is 2.14. The minimum Gasteiger partial charge on any atom is -0.497 e. The number of halogens is 1. The van der Waals surface area contributed by atoms with E-state index in [9.17, 15) is 9.90 Å². The lowest BCUT2D eigenvalue weighted by atomic mass is 10.2. The van der Waals surface area contributed by atoms with Crippen LogP contribution in [-0.4, -0.2) is 29.0 Å². The topological polar surface area (TPSA) is 63.8 Å². The van der Waals surface area contributed by atoms with Gasteiger partial charge in [-0.05, 0) is 55.8 Å². The maximum absolute atomic E-state index is 11.4. The van der Waals surface area contributed by atoms with Crippen molar-refractivity contribution in [1.82, 2.24) is 4.57 Å². The highest BCUT2D eigenvalue weighted by Crippen LogP contribution is 2.24. The third-order valence-corrected chi connectivity index (χ3v) is 4.90. The van der Waals surface area contributed by atoms with E-state index in [0.29, 0.717) is 6.54 Å². The van der Waals surface area contributed by atoms with Crippen molar-refractivity contribution in [2.24, 2.45) is 4.99 Å². The first kappa shape index (κ1) is 19.7. The number of aryl methyl sites for hydroxylation is 1. The Hall–Kier alpha value is -3.05. The fourth-order valence-corrected chi connectivity index (χ4v) is 3.31. The summed E-state index contributed by atoms with van der Waals surface area (Å²) in [5.41, 5.74) is 4.89. The predicted octanol–water partition coefficient (Wildman–Crippen LogP) is 5.07. The molecule has 1 heterocycles. The van der Waals surface area contributed by atoms with E-state index in [1.807, 2.05) is 61.0 Å². The van der Waals surface area contributed by atoms with Crippen LogP contribution >= 0.6 is 11.6 Å². The van der Waals surface area contributed by atoms with Crippen molar-refractivity contribution >= 4 is 23.8 Å². The maximum atomic E-state index is 11.4. The maximum Gasteiger partial charge on any atom is 0.337 e. The second kappa shape index (κ2) is 8.31. The molecule has 5 nitrogen and oxygen atoms in total. The Balaban J connectivity index is 1.85. The molecule has 0 bridgehead atoms. The molecule has 1 aromatic heterocycles. The third-order valence-electron chi connectivity index (χ3n) is 4.57. The molecular weight excluding hydrogens is 376 g/mol. The Morgan fingerprint density at radius 2 is 1.89 bits per heavy atom. The van der Waals surface area contributed by atoms with Crippen LogP contribution in [0.25, 0.3) is 5.69 Å². The summed E-state index contributed by atoms with van der Waals surface area (Å²) in [4.78, 5) is 15.9. The number of methoxy groups -OCH3 is 1. The fraction of sp³-hybridized carbons (Fsp3) is 0.182. The van der Waals surface area contributed by atoms with Crippen LogP contribution < -0.4 is 4.74 Å². The van der Waals surface area contributed by atoms with Gasteiger partial charge in [-0.1, -0.05) is 23.7 Å². The van der Waals surface area contributed by atoms with Gasteiger partial charge in [-0.25, -0.2) is 4.79 Å². The van der Waals surface area contributed by atoms with Gasteiger partial charge in [0.15, 0.2) is 0 Å². The molecule has 0 amide bonds. The van der Waals surface area contributed by atoms with E-state index in [4.69, 9.17) is 16.3 Å². The van der Waals surface area contributed by atoms with Crippen LogP contribution in [0.5, 0.6) is 5.75 Å². The third kappa shape index (κ3) is 4.10. The van der Waals surface area contributed by atoms with Crippen molar-refractivity contribution in [1.29, 1.82) is 0 Å². The fourth-order valence-electron chi connectivity index (χ4n) is 3.11. The van der Waals surface area contributed by atoms with Gasteiger partial charge in [-0.15, -0.1) is 0 Å². The van der Waals surface area contributed by atoms with E-state index >= 15 is 0 Å². The molecule has 2 aromatic carbocycles. The van der Waals surface area contributed by atoms with Crippen LogP contribution in [0.15, 0.2) is 53.5 Å². The van der Waals surface area contributed by atoms with Crippen molar-refractivity contribution < 1.29 is 14.6 Å². The minimum absolute atomic E-state index is 0.0846. The number of carboxylic acids is 1. The normalized spacial score (nSPS) is 11.1. The van der Waals surface area contributed by atoms with Gasteiger partial charge >= 0.3 is 5.97 Å². The number of rotatable bonds is 6. The van der Waals surface area contributed by atoms with Crippen molar-refractivity contribution in [3.63, 3.8) is 0 Å². The molecule has 0 saturated heterocycles. The van der Waals surface area contributed by atoms with Crippen LogP contribution in [0.4, 0.5) is 0 Å². The number of carboxylic acid groups (broad SMARTS) is 1. The Morgan fingerprint density at radius 3 is 2.54 bits per heavy atom. The quantitative estimate of drug-likeness (QED) is 0.591. The molecule has 3 aromatic rings. The number of nitrogens with zero attached hydrogens (tertiary/aromatic N) is 2. The summed E-state index contributed by atoms with van der Waals surface area (Å²) in [7, 11) is 1.64. The summed E-state index contributed by atoms with van der Waals surface area (Å²) < 4.78 is 7.16. The van der Waals surface area contributed by atoms with Gasteiger partial charge in [0.25, 0.3) is 0 Å². The number of benzene rings is 2. The largest absolute Gasteiger partial charge is 0.497 e. The van der Waals surface area contributed by atoms with Crippen LogP contribution in [0.3, 0.4) is 0 Å². The molecule has 144 valence electrons. The average Bonchev–Trinajstić information content (AvgIpc) is 2.96. The molecule has 6 heteroatoms. The Kier molecular flexibility index (Phi) is 5.85. The van der Waals surface area contributed by atoms with Gasteiger partial charge in [0.05, 0.1) is 24.2 Å². The van der Waals surface area contributed by atoms with E-state index in [1.165, 1.54) is 0 Å². The number of aromatic nitrogens is 1. The first-order valence-corrected chi connectivity index (χ1v) is 9.13. The number of aromatic carboxylic acids is 1. The van der Waals surface area contributed by atoms with Crippen LogP contribution in [0, 0.1) is 13.8 Å². The summed E-state index contributed by atoms with van der Waals surface area (Å²) in [6, 6.07) is 14.8. The zero-order valence-corrected chi connectivity index (χ0v) is 16.7. The van der Waals surface area contributed by atoms with E-state index < -0.39 is 5.97 Å². The van der Waals surface area contributed by atoms with Crippen molar-refractivity contribution in [2.45, 2.75) is 20.4 Å². The van der Waals surface area contributed by atoms with Crippen LogP contribution in [0.2, 0.25) is 5.02 Å². The number of aliphatic imine (C=N–C) groups is 1. The van der Waals surface area contributed by atoms with Crippen molar-refractivity contribution in [3.8, 4) is 11.4 Å². The molecule has 1 N–H and O–H groups in total. The molecule has 0 aliphatic heterocycles. The monoisotopic (exact) mass is 396 g/mol. The van der Waals surface area contributed by atoms with Gasteiger partial charge in [-0.3, -0.25) is 4.99 Å². The second-order valence-electron chi connectivity index (χ2n) is 6.45. The lowest BCUT2D eigenvalue weighted by Crippen LogP contribution is -2.03. The molecular formula is C22H21ClN2O3. The van der Waals surface area contributed by atoms with E-state index in [0.717, 1.165) is 34.0 Å². The number of hydrogen-bond acceptors (Lipinski definition) is 3. The SMILES string of the molecule is COc1ccc(CN=Cc2cc(C)n(-c3ccc(Cl)c(C(=O)O)c3)c2C)cc1. The molecule has 0 fully saturated rings. The second-order valence-corrected chi connectivity index (χ2v) is 6.86. The summed E-state index contributed by atoms with van der Waals surface area (Å²) >= 11 is 5.99. The van der Waals surface area contributed by atoms with Gasteiger partial charge in [0.2, 0.25) is 0 Å². The smallest absolute Gasteiger partial charge is 0.337 e. The molecule has 0 saturated carbocycles. The summed E-state index contributed by atoms with van der Waals surface area (Å²) in [6.45, 7) is 4.53. The molecule has 3 rings (SSSR count). The zero-order valence-electron chi connectivity index (χ0n) is 15.9. The molecule has 0 unspecified atom stereocenters. The van der Waals surface area contributed by atoms with Gasteiger partial charge in [-0.2, -0.15) is 0 Å². The first-order chi connectivity index (χ1) is 13.4. The predicted molar refractivity (Wildman–Crippen MR) is 112 cm³/mol. The van der Waals surface area contributed by atoms with Crippen LogP contribution in [0.1, 0.15) is 32.9 Å². The zero-order chi connectivity index (χ0) is 20.3. The number of carbonyl (C=O) groups is 1. The highest BCUT2D eigenvalue weighted by atomic mass is 35.5. The number of ether oxygens (including phenoxy) is 1. The van der Waals surface area contributed by atoms with E-state index in [2.05, 4.69) is 4.99 Å². The Bertz CT molecular complexity index is 1040. The van der Waals surface area contributed by atoms with Gasteiger partial charge in [0.1, 0.15) is 5.75 Å². The average molecular weight is 397 g/mol. The standard InChI is InChI=1S/C22H21ClN2O3/c1-14-10-17(13-24-12-16-4-7-19(28-3)8-5-16)15(2)25(14)18-6-9-21(23)20(11-18)22(26)27/h4-11,13H,12H2,1-3H3,(H,26,27). The Morgan fingerprint density at radius 1 is 1.18 bits per heavy atom. The van der Waals surface area contributed by atoms with Gasteiger partial charge in [0, 0.05) is 28.9 Å². The van der Waals surface area contributed by atoms with Crippen molar-refractivity contribution in [2.75, 3.05) is 7.11 Å². The highest BCUT2D eigenvalue weighted by molar-refractivity contribution is 6.33. The lowest BCUT2D eigenvalue weighted by Gasteiger charge is -2.11. The van der Waals surface area contributed by atoms with Gasteiger partial charge < -0.3 is 14.4 Å². The molecule has 0 atom stereocenters.